The first-order valence-electron chi connectivity index (χ1n) is 19.8. The Kier molecular flexibility index (Phi) is 14.4. The van der Waals surface area contributed by atoms with Gasteiger partial charge in [-0.1, -0.05) is 12.1 Å². The third-order valence-corrected chi connectivity index (χ3v) is 10.7. The second kappa shape index (κ2) is 19.5. The number of pyridine rings is 2. The van der Waals surface area contributed by atoms with Gasteiger partial charge in [-0.05, 0) is 69.7 Å². The SMILES string of the molecule is COc1ccc(CNc2cc(-c3nc(N=S(C)(C)=O)cc(N4CCOC[C@H]4C)n3)cc(C)n2)cc1.Cc1cc(-c2nc(N=S(C)(C)=O)cc(N3CCOC[C@H]3C)n2)cc(N)n1. The molecule has 6 heterocycles. The molecule has 0 unspecified atom stereocenters. The molecule has 0 aliphatic carbocycles. The van der Waals surface area contributed by atoms with Crippen LogP contribution in [0.25, 0.3) is 22.8 Å². The van der Waals surface area contributed by atoms with E-state index in [2.05, 4.69) is 57.6 Å². The first-order chi connectivity index (χ1) is 28.9. The molecule has 7 rings (SSSR count). The number of morpholine rings is 2. The van der Waals surface area contributed by atoms with E-state index in [-0.39, 0.29) is 12.1 Å². The number of hydrogen-bond donors (Lipinski definition) is 2. The molecule has 0 saturated carbocycles. The van der Waals surface area contributed by atoms with Crippen molar-refractivity contribution < 1.29 is 22.6 Å². The molecule has 2 aliphatic rings. The van der Waals surface area contributed by atoms with E-state index in [1.807, 2.05) is 56.3 Å². The molecule has 61 heavy (non-hydrogen) atoms. The molecule has 17 nitrogen and oxygen atoms in total. The summed E-state index contributed by atoms with van der Waals surface area (Å²) in [4.78, 5) is 31.9. The highest BCUT2D eigenvalue weighted by molar-refractivity contribution is 7.92. The Morgan fingerprint density at radius 3 is 1.67 bits per heavy atom. The summed E-state index contributed by atoms with van der Waals surface area (Å²) in [7, 11) is -3.09. The van der Waals surface area contributed by atoms with E-state index in [4.69, 9.17) is 29.9 Å². The van der Waals surface area contributed by atoms with Crippen LogP contribution < -0.4 is 25.6 Å². The Hall–Kier alpha value is -5.50. The summed E-state index contributed by atoms with van der Waals surface area (Å²) < 4.78 is 49.6. The van der Waals surface area contributed by atoms with Gasteiger partial charge in [-0.2, -0.15) is 8.73 Å². The molecule has 2 saturated heterocycles. The fourth-order valence-electron chi connectivity index (χ4n) is 6.72. The summed E-state index contributed by atoms with van der Waals surface area (Å²) in [5.74, 6) is 5.23. The Labute approximate surface area is 359 Å². The zero-order valence-electron chi connectivity index (χ0n) is 36.3. The van der Waals surface area contributed by atoms with Gasteiger partial charge in [-0.3, -0.25) is 0 Å². The number of nitrogens with two attached hydrogens (primary N) is 1. The third-order valence-electron chi connectivity index (χ3n) is 9.42. The van der Waals surface area contributed by atoms with Gasteiger partial charge in [0.05, 0.1) is 45.6 Å². The van der Waals surface area contributed by atoms with E-state index < -0.39 is 19.5 Å². The Morgan fingerprint density at radius 1 is 0.721 bits per heavy atom. The first kappa shape index (κ1) is 45.0. The second-order valence-electron chi connectivity index (χ2n) is 15.6. The van der Waals surface area contributed by atoms with Crippen molar-refractivity contribution in [3.05, 3.63) is 77.6 Å². The number of anilines is 4. The van der Waals surface area contributed by atoms with E-state index in [9.17, 15) is 8.42 Å². The molecule has 326 valence electrons. The number of ether oxygens (including phenoxy) is 3. The molecule has 0 spiro atoms. The van der Waals surface area contributed by atoms with Gasteiger partial charge in [0.1, 0.15) is 29.0 Å². The predicted molar refractivity (Wildman–Crippen MR) is 244 cm³/mol. The highest BCUT2D eigenvalue weighted by Crippen LogP contribution is 2.30. The highest BCUT2D eigenvalue weighted by Gasteiger charge is 2.24. The zero-order chi connectivity index (χ0) is 43.9. The van der Waals surface area contributed by atoms with Gasteiger partial charge in [-0.15, -0.1) is 0 Å². The minimum Gasteiger partial charge on any atom is -0.497 e. The second-order valence-corrected chi connectivity index (χ2v) is 20.7. The van der Waals surface area contributed by atoms with Gasteiger partial charge in [-0.25, -0.2) is 38.3 Å². The number of aryl methyl sites for hydroxylation is 2. The molecule has 4 aromatic heterocycles. The summed E-state index contributed by atoms with van der Waals surface area (Å²) >= 11 is 0. The predicted octanol–water partition coefficient (Wildman–Crippen LogP) is 6.07. The van der Waals surface area contributed by atoms with E-state index in [1.165, 1.54) is 0 Å². The monoisotopic (exact) mass is 872 g/mol. The number of nitrogens with zero attached hydrogens (tertiary/aromatic N) is 10. The van der Waals surface area contributed by atoms with Gasteiger partial charge in [0.15, 0.2) is 23.3 Å². The fourth-order valence-corrected chi connectivity index (χ4v) is 7.81. The molecular formula is C42H56N12O5S2. The minimum atomic E-state index is -2.39. The number of aromatic nitrogens is 6. The maximum Gasteiger partial charge on any atom is 0.167 e. The van der Waals surface area contributed by atoms with Crippen molar-refractivity contribution in [1.82, 2.24) is 29.9 Å². The maximum absolute atomic E-state index is 12.4. The number of nitrogens with one attached hydrogen (secondary N) is 1. The van der Waals surface area contributed by atoms with Crippen LogP contribution >= 0.6 is 0 Å². The molecule has 0 amide bonds. The van der Waals surface area contributed by atoms with Crippen molar-refractivity contribution in [2.45, 2.75) is 46.3 Å². The van der Waals surface area contributed by atoms with Gasteiger partial charge in [0.25, 0.3) is 0 Å². The van der Waals surface area contributed by atoms with Gasteiger partial charge >= 0.3 is 0 Å². The number of hydrogen-bond acceptors (Lipinski definition) is 17. The van der Waals surface area contributed by atoms with Gasteiger partial charge in [0, 0.05) is 98.8 Å². The lowest BCUT2D eigenvalue weighted by atomic mass is 10.2. The maximum atomic E-state index is 12.4. The van der Waals surface area contributed by atoms with Crippen LogP contribution in [-0.2, 0) is 35.5 Å². The minimum absolute atomic E-state index is 0.160. The molecule has 2 atom stereocenters. The van der Waals surface area contributed by atoms with Crippen LogP contribution in [0.5, 0.6) is 5.75 Å². The van der Waals surface area contributed by atoms with Crippen LogP contribution in [0.1, 0.15) is 30.8 Å². The van der Waals surface area contributed by atoms with Crippen LogP contribution in [0.2, 0.25) is 0 Å². The van der Waals surface area contributed by atoms with Crippen LogP contribution in [-0.4, -0.2) is 122 Å². The standard InChI is InChI=1S/C25H32N6O3S.C17H24N6O2S/c1-17-12-20(13-22(27-17)26-15-19-6-8-21(33-3)9-7-19)25-28-23(30-35(4,5)32)14-24(29-25)31-10-11-34-16-18(31)2;1-11-7-13(8-14(18)19-11)17-20-15(22-26(3,4)24)9-16(21-17)23-5-6-25-10-12(23)2/h6-9,12-14,18H,10-11,15-16H2,1-5H3,(H,26,27);7-9,12H,5-6,10H2,1-4H3,(H2,18,19)/t18-;12-/m11/s1. The van der Waals surface area contributed by atoms with Crippen molar-refractivity contribution in [2.75, 3.05) is 92.5 Å². The number of nitrogen functional groups attached to an aromatic ring is 1. The largest absolute Gasteiger partial charge is 0.497 e. The van der Waals surface area contributed by atoms with Crippen molar-refractivity contribution in [1.29, 1.82) is 0 Å². The summed E-state index contributed by atoms with van der Waals surface area (Å²) in [5, 5.41) is 3.38. The average molecular weight is 873 g/mol. The number of rotatable bonds is 10. The molecule has 3 N–H and O–H groups in total. The smallest absolute Gasteiger partial charge is 0.167 e. The Balaban J connectivity index is 0.000000213. The average Bonchev–Trinajstić information content (AvgIpc) is 3.19. The molecule has 5 aromatic rings. The van der Waals surface area contributed by atoms with Crippen molar-refractivity contribution in [3.63, 3.8) is 0 Å². The molecule has 19 heteroatoms. The zero-order valence-corrected chi connectivity index (χ0v) is 37.9. The van der Waals surface area contributed by atoms with E-state index in [1.54, 1.807) is 50.3 Å². The topological polar surface area (TPSA) is 208 Å². The Bertz CT molecular complexity index is 2560. The molecule has 2 aliphatic heterocycles. The number of methoxy groups -OCH3 is 1. The lowest BCUT2D eigenvalue weighted by Crippen LogP contribution is -2.44. The fraction of sp³-hybridized carbons (Fsp3) is 0.429. The molecule has 0 bridgehead atoms. The van der Waals surface area contributed by atoms with E-state index in [0.717, 1.165) is 57.8 Å². The quantitative estimate of drug-likeness (QED) is 0.163. The van der Waals surface area contributed by atoms with Gasteiger partial charge < -0.3 is 35.1 Å². The molecule has 1 aromatic carbocycles. The third kappa shape index (κ3) is 13.0. The van der Waals surface area contributed by atoms with Crippen molar-refractivity contribution >= 4 is 54.4 Å². The van der Waals surface area contributed by atoms with Crippen molar-refractivity contribution in [2.24, 2.45) is 8.73 Å². The molecular weight excluding hydrogens is 817 g/mol. The highest BCUT2D eigenvalue weighted by atomic mass is 32.2. The van der Waals surface area contributed by atoms with Crippen LogP contribution in [0, 0.1) is 13.8 Å². The summed E-state index contributed by atoms with van der Waals surface area (Å²) in [5.41, 5.74) is 10.2. The summed E-state index contributed by atoms with van der Waals surface area (Å²) in [6.45, 7) is 12.5. The number of benzene rings is 1. The van der Waals surface area contributed by atoms with Crippen molar-refractivity contribution in [3.8, 4) is 28.5 Å². The molecule has 2 fully saturated rings. The lowest BCUT2D eigenvalue weighted by molar-refractivity contribution is 0.0985. The summed E-state index contributed by atoms with van der Waals surface area (Å²) in [6.07, 6.45) is 6.37. The van der Waals surface area contributed by atoms with Crippen LogP contribution in [0.4, 0.5) is 34.9 Å². The van der Waals surface area contributed by atoms with Gasteiger partial charge in [0.2, 0.25) is 0 Å². The molecule has 0 radical (unpaired) electrons. The Morgan fingerprint density at radius 2 is 1.21 bits per heavy atom. The van der Waals surface area contributed by atoms with E-state index >= 15 is 0 Å². The summed E-state index contributed by atoms with van der Waals surface area (Å²) in [6, 6.07) is 19.3. The van der Waals surface area contributed by atoms with Crippen LogP contribution in [0.3, 0.4) is 0 Å². The lowest BCUT2D eigenvalue weighted by Gasteiger charge is -2.34. The van der Waals surface area contributed by atoms with E-state index in [0.29, 0.717) is 68.6 Å². The normalized spacial score (nSPS) is 16.9. The first-order valence-corrected chi connectivity index (χ1v) is 24.5. The van der Waals surface area contributed by atoms with Crippen LogP contribution in [0.15, 0.2) is 69.4 Å².